The molecule has 2 aromatic rings. The minimum Gasteiger partial charge on any atom is -0.466 e. The van der Waals surface area contributed by atoms with E-state index in [1.807, 2.05) is 0 Å². The van der Waals surface area contributed by atoms with Crippen molar-refractivity contribution >= 4 is 22.9 Å². The van der Waals surface area contributed by atoms with Gasteiger partial charge < -0.3 is 13.9 Å². The maximum absolute atomic E-state index is 12.0. The van der Waals surface area contributed by atoms with Crippen LogP contribution in [-0.2, 0) is 20.7 Å². The number of hydrogen-bond donors (Lipinski definition) is 0. The number of esters is 2. The number of fused-ring (bicyclic) bond motifs is 1. The van der Waals surface area contributed by atoms with Crippen LogP contribution in [0.5, 0.6) is 5.75 Å². The zero-order chi connectivity index (χ0) is 18.6. The van der Waals surface area contributed by atoms with Crippen molar-refractivity contribution in [3.8, 4) is 5.75 Å². The van der Waals surface area contributed by atoms with Crippen LogP contribution in [0, 0.1) is 12.8 Å². The normalized spacial score (nSPS) is 10.9. The molecule has 0 aliphatic heterocycles. The largest absolute Gasteiger partial charge is 0.466 e. The monoisotopic (exact) mass is 346 g/mol. The molecule has 134 valence electrons. The standard InChI is InChI=1S/C19H22O6/c1-5-23-17(20)7-6-13-9-14-12(4)8-18(21)24-16(14)10-15(13)25-19(22)11(2)3/h8-11H,5-7H2,1-4H3. The van der Waals surface area contributed by atoms with Crippen LogP contribution in [0.1, 0.15) is 38.3 Å². The first-order chi connectivity index (χ1) is 11.8. The Labute approximate surface area is 145 Å². The molecule has 2 rings (SSSR count). The molecular weight excluding hydrogens is 324 g/mol. The Morgan fingerprint density at radius 3 is 2.56 bits per heavy atom. The molecule has 0 saturated heterocycles. The Morgan fingerprint density at radius 1 is 1.20 bits per heavy atom. The third-order valence-electron chi connectivity index (χ3n) is 3.72. The van der Waals surface area contributed by atoms with Crippen LogP contribution in [0.2, 0.25) is 0 Å². The summed E-state index contributed by atoms with van der Waals surface area (Å²) < 4.78 is 15.6. The molecule has 0 N–H and O–H groups in total. The van der Waals surface area contributed by atoms with E-state index < -0.39 is 11.6 Å². The van der Waals surface area contributed by atoms with E-state index in [1.54, 1.807) is 33.8 Å². The van der Waals surface area contributed by atoms with Gasteiger partial charge in [0.15, 0.2) is 0 Å². The van der Waals surface area contributed by atoms with Crippen molar-refractivity contribution in [1.82, 2.24) is 0 Å². The SMILES string of the molecule is CCOC(=O)CCc1cc2c(C)cc(=O)oc2cc1OC(=O)C(C)C. The minimum atomic E-state index is -0.467. The van der Waals surface area contributed by atoms with Crippen LogP contribution in [0.4, 0.5) is 0 Å². The van der Waals surface area contributed by atoms with E-state index in [9.17, 15) is 14.4 Å². The molecule has 0 radical (unpaired) electrons. The summed E-state index contributed by atoms with van der Waals surface area (Å²) in [5, 5.41) is 0.739. The highest BCUT2D eigenvalue weighted by molar-refractivity contribution is 5.84. The summed E-state index contributed by atoms with van der Waals surface area (Å²) in [4.78, 5) is 35.2. The molecule has 0 spiro atoms. The van der Waals surface area contributed by atoms with Crippen molar-refractivity contribution in [2.24, 2.45) is 5.92 Å². The lowest BCUT2D eigenvalue weighted by molar-refractivity contribution is -0.143. The first-order valence-electron chi connectivity index (χ1n) is 8.26. The van der Waals surface area contributed by atoms with Crippen LogP contribution >= 0.6 is 0 Å². The maximum atomic E-state index is 12.0. The Morgan fingerprint density at radius 2 is 1.92 bits per heavy atom. The van der Waals surface area contributed by atoms with E-state index >= 15 is 0 Å². The van der Waals surface area contributed by atoms with Gasteiger partial charge in [-0.15, -0.1) is 0 Å². The van der Waals surface area contributed by atoms with E-state index in [4.69, 9.17) is 13.9 Å². The average molecular weight is 346 g/mol. The van der Waals surface area contributed by atoms with Crippen molar-refractivity contribution in [3.63, 3.8) is 0 Å². The molecule has 1 aromatic heterocycles. The Kier molecular flexibility index (Phi) is 5.96. The first-order valence-corrected chi connectivity index (χ1v) is 8.26. The number of aryl methyl sites for hydroxylation is 2. The molecule has 0 amide bonds. The predicted molar refractivity (Wildman–Crippen MR) is 92.6 cm³/mol. The van der Waals surface area contributed by atoms with Gasteiger partial charge in [0, 0.05) is 23.9 Å². The van der Waals surface area contributed by atoms with Gasteiger partial charge in [-0.3, -0.25) is 9.59 Å². The van der Waals surface area contributed by atoms with Crippen LogP contribution in [0.3, 0.4) is 0 Å². The van der Waals surface area contributed by atoms with Gasteiger partial charge in [-0.25, -0.2) is 4.79 Å². The summed E-state index contributed by atoms with van der Waals surface area (Å²) in [6.45, 7) is 7.32. The third-order valence-corrected chi connectivity index (χ3v) is 3.72. The highest BCUT2D eigenvalue weighted by Crippen LogP contribution is 2.29. The zero-order valence-corrected chi connectivity index (χ0v) is 14.9. The summed E-state index contributed by atoms with van der Waals surface area (Å²) in [7, 11) is 0. The molecule has 0 fully saturated rings. The van der Waals surface area contributed by atoms with Crippen LogP contribution in [0.25, 0.3) is 11.0 Å². The molecule has 0 saturated carbocycles. The molecule has 0 atom stereocenters. The Hall–Kier alpha value is -2.63. The first kappa shape index (κ1) is 18.7. The summed E-state index contributed by atoms with van der Waals surface area (Å²) in [5.41, 5.74) is 1.32. The molecule has 25 heavy (non-hydrogen) atoms. The molecular formula is C19H22O6. The summed E-state index contributed by atoms with van der Waals surface area (Å²) in [6, 6.07) is 4.72. The smallest absolute Gasteiger partial charge is 0.336 e. The number of hydrogen-bond acceptors (Lipinski definition) is 6. The number of carbonyl (C=O) groups excluding carboxylic acids is 2. The lowest BCUT2D eigenvalue weighted by atomic mass is 10.0. The summed E-state index contributed by atoms with van der Waals surface area (Å²) in [5.74, 6) is -0.728. The van der Waals surface area contributed by atoms with Crippen molar-refractivity contribution in [1.29, 1.82) is 0 Å². The molecule has 0 aliphatic rings. The van der Waals surface area contributed by atoms with Gasteiger partial charge in [0.2, 0.25) is 0 Å². The number of rotatable bonds is 6. The second-order valence-corrected chi connectivity index (χ2v) is 6.09. The zero-order valence-electron chi connectivity index (χ0n) is 14.9. The molecule has 0 aliphatic carbocycles. The van der Waals surface area contributed by atoms with Gasteiger partial charge in [-0.1, -0.05) is 13.8 Å². The van der Waals surface area contributed by atoms with Crippen LogP contribution in [0.15, 0.2) is 27.4 Å². The van der Waals surface area contributed by atoms with E-state index in [1.165, 1.54) is 12.1 Å². The van der Waals surface area contributed by atoms with Crippen molar-refractivity contribution < 1.29 is 23.5 Å². The van der Waals surface area contributed by atoms with E-state index in [0.29, 0.717) is 29.9 Å². The highest BCUT2D eigenvalue weighted by atomic mass is 16.5. The molecule has 0 bridgehead atoms. The topological polar surface area (TPSA) is 82.8 Å². The summed E-state index contributed by atoms with van der Waals surface area (Å²) >= 11 is 0. The molecule has 0 unspecified atom stereocenters. The van der Waals surface area contributed by atoms with Crippen LogP contribution < -0.4 is 10.4 Å². The predicted octanol–water partition coefficient (Wildman–Crippen LogP) is 3.16. The minimum absolute atomic E-state index is 0.168. The van der Waals surface area contributed by atoms with Gasteiger partial charge in [-0.05, 0) is 37.5 Å². The lowest BCUT2D eigenvalue weighted by Gasteiger charge is -2.13. The Balaban J connectivity index is 2.45. The molecule has 1 heterocycles. The van der Waals surface area contributed by atoms with E-state index in [0.717, 1.165) is 10.9 Å². The van der Waals surface area contributed by atoms with E-state index in [2.05, 4.69) is 0 Å². The fourth-order valence-electron chi connectivity index (χ4n) is 2.38. The summed E-state index contributed by atoms with van der Waals surface area (Å²) in [6.07, 6.45) is 0.523. The van der Waals surface area contributed by atoms with Gasteiger partial charge in [0.1, 0.15) is 11.3 Å². The van der Waals surface area contributed by atoms with Gasteiger partial charge in [-0.2, -0.15) is 0 Å². The maximum Gasteiger partial charge on any atom is 0.336 e. The molecule has 6 heteroatoms. The third kappa shape index (κ3) is 4.68. The van der Waals surface area contributed by atoms with Crippen LogP contribution in [-0.4, -0.2) is 18.5 Å². The fourth-order valence-corrected chi connectivity index (χ4v) is 2.38. The van der Waals surface area contributed by atoms with Crippen molar-refractivity contribution in [2.45, 2.75) is 40.5 Å². The Bertz CT molecular complexity index is 847. The number of benzene rings is 1. The van der Waals surface area contributed by atoms with Gasteiger partial charge >= 0.3 is 17.6 Å². The number of ether oxygens (including phenoxy) is 2. The number of carbonyl (C=O) groups is 2. The fraction of sp³-hybridized carbons (Fsp3) is 0.421. The second-order valence-electron chi connectivity index (χ2n) is 6.09. The average Bonchev–Trinajstić information content (AvgIpc) is 2.53. The van der Waals surface area contributed by atoms with E-state index in [-0.39, 0.29) is 18.3 Å². The second kappa shape index (κ2) is 7.96. The van der Waals surface area contributed by atoms with Gasteiger partial charge in [0.25, 0.3) is 0 Å². The molecule has 1 aromatic carbocycles. The highest BCUT2D eigenvalue weighted by Gasteiger charge is 2.17. The van der Waals surface area contributed by atoms with Crippen molar-refractivity contribution in [3.05, 3.63) is 39.7 Å². The van der Waals surface area contributed by atoms with Gasteiger partial charge in [0.05, 0.1) is 12.5 Å². The van der Waals surface area contributed by atoms with Crippen molar-refractivity contribution in [2.75, 3.05) is 6.61 Å². The molecule has 6 nitrogen and oxygen atoms in total. The quantitative estimate of drug-likeness (QED) is 0.454. The lowest BCUT2D eigenvalue weighted by Crippen LogP contribution is -2.16.